The van der Waals surface area contributed by atoms with Gasteiger partial charge in [0.05, 0.1) is 22.5 Å². The van der Waals surface area contributed by atoms with Crippen LogP contribution in [0.3, 0.4) is 0 Å². The molecule has 0 aliphatic carbocycles. The number of rotatable bonds is 5. The Morgan fingerprint density at radius 1 is 0.971 bits per heavy atom. The number of hydrogen-bond acceptors (Lipinski definition) is 5. The van der Waals surface area contributed by atoms with Gasteiger partial charge in [-0.1, -0.05) is 18.2 Å². The number of hydrogen-bond donors (Lipinski definition) is 0. The predicted octanol–water partition coefficient (Wildman–Crippen LogP) is 4.03. The van der Waals surface area contributed by atoms with Crippen LogP contribution in [0.5, 0.6) is 0 Å². The van der Waals surface area contributed by atoms with Crippen molar-refractivity contribution in [3.05, 3.63) is 100 Å². The smallest absolute Gasteiger partial charge is 0.271 e. The molecule has 172 valence electrons. The molecule has 0 spiro atoms. The second-order valence-corrected chi connectivity index (χ2v) is 8.20. The summed E-state index contributed by atoms with van der Waals surface area (Å²) in [5.41, 5.74) is 2.59. The standard InChI is InChI=1S/C25H22FN5O3/c26-19-6-8-20(9-7-19)30-23-11-10-21(31(33)34)16-22(23)27-24(30)17-28-12-14-29(15-13-28)25(32)18-4-2-1-3-5-18/h1-11,16H,12-15,17H2. The molecular formula is C25H22FN5O3. The maximum atomic E-state index is 13.5. The van der Waals surface area contributed by atoms with Gasteiger partial charge in [-0.3, -0.25) is 24.4 Å². The van der Waals surface area contributed by atoms with Crippen LogP contribution in [0.1, 0.15) is 16.2 Å². The second kappa shape index (κ2) is 9.03. The van der Waals surface area contributed by atoms with Gasteiger partial charge in [0.25, 0.3) is 11.6 Å². The fourth-order valence-corrected chi connectivity index (χ4v) is 4.29. The minimum atomic E-state index is -0.445. The van der Waals surface area contributed by atoms with E-state index in [1.165, 1.54) is 24.3 Å². The number of aromatic nitrogens is 2. The molecule has 0 atom stereocenters. The normalized spacial score (nSPS) is 14.4. The number of fused-ring (bicyclic) bond motifs is 1. The van der Waals surface area contributed by atoms with Gasteiger partial charge in [0.1, 0.15) is 11.6 Å². The van der Waals surface area contributed by atoms with E-state index in [2.05, 4.69) is 4.90 Å². The summed E-state index contributed by atoms with van der Waals surface area (Å²) in [6.45, 7) is 3.02. The van der Waals surface area contributed by atoms with Gasteiger partial charge in [-0.2, -0.15) is 0 Å². The summed E-state index contributed by atoms with van der Waals surface area (Å²) in [5, 5.41) is 11.2. The lowest BCUT2D eigenvalue weighted by molar-refractivity contribution is -0.384. The van der Waals surface area contributed by atoms with Gasteiger partial charge in [-0.05, 0) is 42.5 Å². The Balaban J connectivity index is 1.40. The first-order chi connectivity index (χ1) is 16.5. The van der Waals surface area contributed by atoms with Gasteiger partial charge < -0.3 is 4.90 Å². The molecule has 1 fully saturated rings. The van der Waals surface area contributed by atoms with Crippen molar-refractivity contribution in [3.8, 4) is 5.69 Å². The molecular weight excluding hydrogens is 437 g/mol. The Morgan fingerprint density at radius 2 is 1.68 bits per heavy atom. The summed E-state index contributed by atoms with van der Waals surface area (Å²) in [4.78, 5) is 32.3. The molecule has 0 bridgehead atoms. The van der Waals surface area contributed by atoms with E-state index in [4.69, 9.17) is 4.98 Å². The van der Waals surface area contributed by atoms with Gasteiger partial charge in [0, 0.05) is 49.6 Å². The molecule has 1 amide bonds. The van der Waals surface area contributed by atoms with Crippen molar-refractivity contribution in [2.45, 2.75) is 6.54 Å². The van der Waals surface area contributed by atoms with Crippen LogP contribution in [-0.4, -0.2) is 56.4 Å². The maximum absolute atomic E-state index is 13.5. The number of halogens is 1. The van der Waals surface area contributed by atoms with E-state index >= 15 is 0 Å². The molecule has 0 N–H and O–H groups in total. The third-order valence-corrected chi connectivity index (χ3v) is 6.05. The largest absolute Gasteiger partial charge is 0.336 e. The third-order valence-electron chi connectivity index (χ3n) is 6.05. The van der Waals surface area contributed by atoms with Crippen molar-refractivity contribution in [1.82, 2.24) is 19.4 Å². The lowest BCUT2D eigenvalue weighted by atomic mass is 10.2. The zero-order valence-electron chi connectivity index (χ0n) is 18.3. The fourth-order valence-electron chi connectivity index (χ4n) is 4.29. The van der Waals surface area contributed by atoms with Gasteiger partial charge in [0.2, 0.25) is 0 Å². The van der Waals surface area contributed by atoms with Crippen molar-refractivity contribution in [3.63, 3.8) is 0 Å². The molecule has 3 aromatic carbocycles. The highest BCUT2D eigenvalue weighted by Crippen LogP contribution is 2.26. The molecule has 34 heavy (non-hydrogen) atoms. The van der Waals surface area contributed by atoms with Crippen LogP contribution in [0, 0.1) is 15.9 Å². The van der Waals surface area contributed by atoms with Crippen molar-refractivity contribution >= 4 is 22.6 Å². The van der Waals surface area contributed by atoms with Crippen molar-refractivity contribution in [1.29, 1.82) is 0 Å². The molecule has 1 aromatic heterocycles. The van der Waals surface area contributed by atoms with E-state index in [1.54, 1.807) is 18.2 Å². The van der Waals surface area contributed by atoms with Gasteiger partial charge >= 0.3 is 0 Å². The highest BCUT2D eigenvalue weighted by molar-refractivity contribution is 5.94. The summed E-state index contributed by atoms with van der Waals surface area (Å²) in [7, 11) is 0. The van der Waals surface area contributed by atoms with E-state index < -0.39 is 4.92 Å². The van der Waals surface area contributed by atoms with E-state index in [0.29, 0.717) is 55.1 Å². The van der Waals surface area contributed by atoms with Crippen LogP contribution < -0.4 is 0 Å². The quantitative estimate of drug-likeness (QED) is 0.332. The lowest BCUT2D eigenvalue weighted by Crippen LogP contribution is -2.48. The SMILES string of the molecule is O=C(c1ccccc1)N1CCN(Cc2nc3cc([N+](=O)[O-])ccc3n2-c2ccc(F)cc2)CC1. The fraction of sp³-hybridized carbons (Fsp3) is 0.200. The molecule has 8 nitrogen and oxygen atoms in total. The molecule has 1 aliphatic rings. The van der Waals surface area contributed by atoms with Gasteiger partial charge in [-0.15, -0.1) is 0 Å². The maximum Gasteiger partial charge on any atom is 0.271 e. The average molecular weight is 459 g/mol. The highest BCUT2D eigenvalue weighted by atomic mass is 19.1. The first-order valence-corrected chi connectivity index (χ1v) is 11.0. The summed E-state index contributed by atoms with van der Waals surface area (Å²) in [6, 6.07) is 19.9. The number of benzene rings is 3. The molecule has 0 radical (unpaired) electrons. The van der Waals surface area contributed by atoms with Crippen LogP contribution >= 0.6 is 0 Å². The number of amides is 1. The predicted molar refractivity (Wildman–Crippen MR) is 125 cm³/mol. The number of nitrogens with zero attached hydrogens (tertiary/aromatic N) is 5. The summed E-state index contributed by atoms with van der Waals surface area (Å²) in [6.07, 6.45) is 0. The van der Waals surface area contributed by atoms with E-state index in [-0.39, 0.29) is 17.4 Å². The summed E-state index contributed by atoms with van der Waals surface area (Å²) in [5.74, 6) is 0.376. The number of piperazine rings is 1. The Labute approximate surface area is 195 Å². The number of carbonyl (C=O) groups excluding carboxylic acids is 1. The Kier molecular flexibility index (Phi) is 5.77. The molecule has 1 saturated heterocycles. The van der Waals surface area contributed by atoms with Crippen molar-refractivity contribution < 1.29 is 14.1 Å². The van der Waals surface area contributed by atoms with E-state index in [1.807, 2.05) is 39.8 Å². The van der Waals surface area contributed by atoms with E-state index in [0.717, 1.165) is 5.69 Å². The minimum absolute atomic E-state index is 0.0195. The zero-order chi connectivity index (χ0) is 23.7. The topological polar surface area (TPSA) is 84.5 Å². The minimum Gasteiger partial charge on any atom is -0.336 e. The third kappa shape index (κ3) is 4.25. The van der Waals surface area contributed by atoms with Crippen molar-refractivity contribution in [2.75, 3.05) is 26.2 Å². The average Bonchev–Trinajstić information content (AvgIpc) is 3.22. The van der Waals surface area contributed by atoms with E-state index in [9.17, 15) is 19.3 Å². The first-order valence-electron chi connectivity index (χ1n) is 11.0. The molecule has 4 aromatic rings. The Hall–Kier alpha value is -4.11. The number of non-ortho nitro benzene ring substituents is 1. The first kappa shape index (κ1) is 21.7. The van der Waals surface area contributed by atoms with Crippen LogP contribution in [0.4, 0.5) is 10.1 Å². The number of nitro groups is 1. The monoisotopic (exact) mass is 459 g/mol. The van der Waals surface area contributed by atoms with Crippen LogP contribution in [0.25, 0.3) is 16.7 Å². The van der Waals surface area contributed by atoms with Crippen LogP contribution in [0.2, 0.25) is 0 Å². The molecule has 0 saturated carbocycles. The summed E-state index contributed by atoms with van der Waals surface area (Å²) < 4.78 is 15.4. The Morgan fingerprint density at radius 3 is 2.35 bits per heavy atom. The lowest BCUT2D eigenvalue weighted by Gasteiger charge is -2.34. The summed E-state index contributed by atoms with van der Waals surface area (Å²) >= 11 is 0. The number of nitro benzene ring substituents is 1. The molecule has 9 heteroatoms. The van der Waals surface area contributed by atoms with Gasteiger partial charge in [-0.25, -0.2) is 9.37 Å². The van der Waals surface area contributed by atoms with Crippen LogP contribution in [-0.2, 0) is 6.54 Å². The second-order valence-electron chi connectivity index (χ2n) is 8.20. The molecule has 2 heterocycles. The molecule has 0 unspecified atom stereocenters. The number of carbonyl (C=O) groups is 1. The van der Waals surface area contributed by atoms with Crippen molar-refractivity contribution in [2.24, 2.45) is 0 Å². The zero-order valence-corrected chi connectivity index (χ0v) is 18.3. The highest BCUT2D eigenvalue weighted by Gasteiger charge is 2.24. The molecule has 5 rings (SSSR count). The number of imidazole rings is 1. The van der Waals surface area contributed by atoms with Gasteiger partial charge in [0.15, 0.2) is 0 Å². The molecule has 1 aliphatic heterocycles. The van der Waals surface area contributed by atoms with Crippen LogP contribution in [0.15, 0.2) is 72.8 Å². The Bertz CT molecular complexity index is 1350.